The molecule has 0 aromatic carbocycles. The number of carboxylic acids is 1. The van der Waals surface area contributed by atoms with E-state index in [0.717, 1.165) is 19.3 Å². The van der Waals surface area contributed by atoms with Gasteiger partial charge in [0.15, 0.2) is 0 Å². The van der Waals surface area contributed by atoms with Crippen LogP contribution < -0.4 is 5.11 Å². The molecule has 1 atom stereocenters. The highest BCUT2D eigenvalue weighted by molar-refractivity contribution is 5.85. The Hall–Kier alpha value is -1.06. The first-order valence-corrected chi connectivity index (χ1v) is 5.13. The fourth-order valence-corrected chi connectivity index (χ4v) is 1.70. The Kier molecular flexibility index (Phi) is 3.92. The molecule has 0 bridgehead atoms. The summed E-state index contributed by atoms with van der Waals surface area (Å²) in [6.45, 7) is 3.12. The summed E-state index contributed by atoms with van der Waals surface area (Å²) in [7, 11) is 0. The Morgan fingerprint density at radius 2 is 2.29 bits per heavy atom. The van der Waals surface area contributed by atoms with Crippen molar-refractivity contribution in [2.45, 2.75) is 32.6 Å². The quantitative estimate of drug-likeness (QED) is 0.573. The lowest BCUT2D eigenvalue weighted by molar-refractivity contribution is -0.311. The summed E-state index contributed by atoms with van der Waals surface area (Å²) in [5.74, 6) is -1.74. The van der Waals surface area contributed by atoms with Gasteiger partial charge in [0.05, 0.1) is 0 Å². The van der Waals surface area contributed by atoms with Gasteiger partial charge in [-0.3, -0.25) is 4.79 Å². The maximum absolute atomic E-state index is 11.3. The third kappa shape index (κ3) is 2.72. The molecule has 1 saturated heterocycles. The van der Waals surface area contributed by atoms with E-state index in [0.29, 0.717) is 13.1 Å². The minimum Gasteiger partial charge on any atom is -0.550 e. The SMILES string of the molecule is CCCCCN1C[C@H](C(=O)[O-])CC1=O. The second kappa shape index (κ2) is 4.98. The van der Waals surface area contributed by atoms with Gasteiger partial charge in [-0.2, -0.15) is 0 Å². The smallest absolute Gasteiger partial charge is 0.223 e. The van der Waals surface area contributed by atoms with Crippen LogP contribution in [-0.4, -0.2) is 29.9 Å². The molecule has 1 amide bonds. The Balaban J connectivity index is 2.33. The van der Waals surface area contributed by atoms with Crippen LogP contribution in [0.3, 0.4) is 0 Å². The highest BCUT2D eigenvalue weighted by atomic mass is 16.4. The molecule has 0 aliphatic carbocycles. The van der Waals surface area contributed by atoms with Crippen molar-refractivity contribution < 1.29 is 14.7 Å². The largest absolute Gasteiger partial charge is 0.550 e. The molecule has 4 nitrogen and oxygen atoms in total. The summed E-state index contributed by atoms with van der Waals surface area (Å²) >= 11 is 0. The van der Waals surface area contributed by atoms with Crippen LogP contribution in [-0.2, 0) is 9.59 Å². The first-order valence-electron chi connectivity index (χ1n) is 5.13. The van der Waals surface area contributed by atoms with Crippen molar-refractivity contribution in [1.82, 2.24) is 4.90 Å². The monoisotopic (exact) mass is 198 g/mol. The molecule has 1 fully saturated rings. The third-order valence-electron chi connectivity index (χ3n) is 2.58. The average molecular weight is 198 g/mol. The van der Waals surface area contributed by atoms with Crippen LogP contribution in [0.1, 0.15) is 32.6 Å². The molecule has 0 radical (unpaired) electrons. The van der Waals surface area contributed by atoms with E-state index >= 15 is 0 Å². The predicted octanol–water partition coefficient (Wildman–Crippen LogP) is -0.225. The van der Waals surface area contributed by atoms with Gasteiger partial charge in [-0.1, -0.05) is 19.8 Å². The Bertz CT molecular complexity index is 227. The van der Waals surface area contributed by atoms with Gasteiger partial charge in [-0.25, -0.2) is 0 Å². The predicted molar refractivity (Wildman–Crippen MR) is 49.2 cm³/mol. The van der Waals surface area contributed by atoms with E-state index in [4.69, 9.17) is 0 Å². The van der Waals surface area contributed by atoms with Crippen LogP contribution in [0.4, 0.5) is 0 Å². The van der Waals surface area contributed by atoms with Crippen LogP contribution >= 0.6 is 0 Å². The summed E-state index contributed by atoms with van der Waals surface area (Å²) in [6, 6.07) is 0. The molecule has 0 spiro atoms. The second-order valence-corrected chi connectivity index (χ2v) is 3.77. The number of amides is 1. The van der Waals surface area contributed by atoms with E-state index in [-0.39, 0.29) is 12.3 Å². The molecule has 4 heteroatoms. The standard InChI is InChI=1S/C10H17NO3/c1-2-3-4-5-11-7-8(10(13)14)6-9(11)12/h8H,2-7H2,1H3,(H,13,14)/p-1/t8-/m1/s1. The molecule has 0 aromatic rings. The van der Waals surface area contributed by atoms with Crippen LogP contribution in [0.25, 0.3) is 0 Å². The molecule has 1 aliphatic rings. The van der Waals surface area contributed by atoms with Crippen LogP contribution in [0.5, 0.6) is 0 Å². The van der Waals surface area contributed by atoms with Crippen molar-refractivity contribution in [3.63, 3.8) is 0 Å². The van der Waals surface area contributed by atoms with Gasteiger partial charge in [-0.15, -0.1) is 0 Å². The lowest BCUT2D eigenvalue weighted by Crippen LogP contribution is -2.33. The number of carbonyl (C=O) groups excluding carboxylic acids is 2. The zero-order valence-corrected chi connectivity index (χ0v) is 8.49. The molecule has 0 unspecified atom stereocenters. The Morgan fingerprint density at radius 3 is 2.79 bits per heavy atom. The average Bonchev–Trinajstić information content (AvgIpc) is 2.49. The molecular weight excluding hydrogens is 182 g/mol. The van der Waals surface area contributed by atoms with Crippen molar-refractivity contribution in [1.29, 1.82) is 0 Å². The van der Waals surface area contributed by atoms with E-state index in [2.05, 4.69) is 6.92 Å². The van der Waals surface area contributed by atoms with E-state index in [1.54, 1.807) is 4.90 Å². The molecule has 1 aliphatic heterocycles. The van der Waals surface area contributed by atoms with Crippen LogP contribution in [0, 0.1) is 5.92 Å². The minimum absolute atomic E-state index is 0.0460. The molecule has 0 saturated carbocycles. The first kappa shape index (κ1) is 11.0. The van der Waals surface area contributed by atoms with Gasteiger partial charge in [0.25, 0.3) is 0 Å². The third-order valence-corrected chi connectivity index (χ3v) is 2.58. The number of rotatable bonds is 5. The molecule has 1 heterocycles. The molecule has 0 aromatic heterocycles. The molecule has 1 rings (SSSR count). The van der Waals surface area contributed by atoms with Gasteiger partial charge in [0, 0.05) is 31.4 Å². The van der Waals surface area contributed by atoms with Crippen molar-refractivity contribution in [3.05, 3.63) is 0 Å². The zero-order valence-electron chi connectivity index (χ0n) is 8.49. The molecule has 14 heavy (non-hydrogen) atoms. The Morgan fingerprint density at radius 1 is 1.57 bits per heavy atom. The van der Waals surface area contributed by atoms with Crippen LogP contribution in [0.15, 0.2) is 0 Å². The fraction of sp³-hybridized carbons (Fsp3) is 0.800. The van der Waals surface area contributed by atoms with E-state index < -0.39 is 11.9 Å². The molecule has 0 N–H and O–H groups in total. The lowest BCUT2D eigenvalue weighted by atomic mass is 10.1. The molecular formula is C10H16NO3-. The first-order chi connectivity index (χ1) is 6.65. The minimum atomic E-state index is -1.10. The number of carboxylic acid groups (broad SMARTS) is 1. The summed E-state index contributed by atoms with van der Waals surface area (Å²) in [4.78, 5) is 23.5. The zero-order chi connectivity index (χ0) is 10.6. The van der Waals surface area contributed by atoms with Gasteiger partial charge >= 0.3 is 0 Å². The van der Waals surface area contributed by atoms with Gasteiger partial charge in [-0.05, 0) is 6.42 Å². The van der Waals surface area contributed by atoms with Crippen molar-refractivity contribution in [3.8, 4) is 0 Å². The van der Waals surface area contributed by atoms with Crippen molar-refractivity contribution >= 4 is 11.9 Å². The number of nitrogens with zero attached hydrogens (tertiary/aromatic N) is 1. The number of carbonyl (C=O) groups is 2. The second-order valence-electron chi connectivity index (χ2n) is 3.77. The highest BCUT2D eigenvalue weighted by Crippen LogP contribution is 2.17. The highest BCUT2D eigenvalue weighted by Gasteiger charge is 2.29. The Labute approximate surface area is 83.9 Å². The van der Waals surface area contributed by atoms with E-state index in [1.807, 2.05) is 0 Å². The number of hydrogen-bond acceptors (Lipinski definition) is 3. The summed E-state index contributed by atoms with van der Waals surface area (Å²) in [5.41, 5.74) is 0. The van der Waals surface area contributed by atoms with E-state index in [1.165, 1.54) is 0 Å². The van der Waals surface area contributed by atoms with Gasteiger partial charge in [0.2, 0.25) is 5.91 Å². The van der Waals surface area contributed by atoms with Crippen LogP contribution in [0.2, 0.25) is 0 Å². The molecule has 80 valence electrons. The summed E-state index contributed by atoms with van der Waals surface area (Å²) < 4.78 is 0. The van der Waals surface area contributed by atoms with Crippen molar-refractivity contribution in [2.24, 2.45) is 5.92 Å². The number of aliphatic carboxylic acids is 1. The van der Waals surface area contributed by atoms with Crippen molar-refractivity contribution in [2.75, 3.05) is 13.1 Å². The van der Waals surface area contributed by atoms with Gasteiger partial charge in [0.1, 0.15) is 0 Å². The maximum Gasteiger partial charge on any atom is 0.223 e. The van der Waals surface area contributed by atoms with Gasteiger partial charge < -0.3 is 14.8 Å². The number of likely N-dealkylation sites (tertiary alicyclic amines) is 1. The summed E-state index contributed by atoms with van der Waals surface area (Å²) in [5, 5.41) is 10.5. The number of unbranched alkanes of at least 4 members (excludes halogenated alkanes) is 2. The fourth-order valence-electron chi connectivity index (χ4n) is 1.70. The van der Waals surface area contributed by atoms with E-state index in [9.17, 15) is 14.7 Å². The lowest BCUT2D eigenvalue weighted by Gasteiger charge is -2.16. The normalized spacial score (nSPS) is 21.6. The maximum atomic E-state index is 11.3. The summed E-state index contributed by atoms with van der Waals surface area (Å²) in [6.07, 6.45) is 3.27. The number of hydrogen-bond donors (Lipinski definition) is 0. The topological polar surface area (TPSA) is 60.4 Å².